The van der Waals surface area contributed by atoms with Crippen LogP contribution in [0.1, 0.15) is 62.2 Å². The topological polar surface area (TPSA) is 73.6 Å². The molecule has 0 bridgehead atoms. The SMILES string of the molecule is CCCCC(CN)NC(=O)c1ccc(OC2CCCC2)c(OC)c1.Cl. The number of unbranched alkanes of at least 4 members (excludes halogenated alkanes) is 1. The van der Waals surface area contributed by atoms with Crippen LogP contribution >= 0.6 is 12.4 Å². The summed E-state index contributed by atoms with van der Waals surface area (Å²) < 4.78 is 11.4. The summed E-state index contributed by atoms with van der Waals surface area (Å²) in [5.41, 5.74) is 6.32. The Kier molecular flexibility index (Phi) is 9.68. The molecule has 0 spiro atoms. The maximum absolute atomic E-state index is 12.4. The zero-order valence-electron chi connectivity index (χ0n) is 15.3. The number of hydrogen-bond donors (Lipinski definition) is 2. The van der Waals surface area contributed by atoms with Gasteiger partial charge < -0.3 is 20.5 Å². The highest BCUT2D eigenvalue weighted by molar-refractivity contribution is 5.95. The largest absolute Gasteiger partial charge is 0.493 e. The zero-order chi connectivity index (χ0) is 17.4. The van der Waals surface area contributed by atoms with Crippen molar-refractivity contribution in [3.05, 3.63) is 23.8 Å². The normalized spacial score (nSPS) is 15.3. The van der Waals surface area contributed by atoms with Crippen LogP contribution in [0.25, 0.3) is 0 Å². The molecular weight excluding hydrogens is 340 g/mol. The minimum atomic E-state index is -0.118. The molecule has 3 N–H and O–H groups in total. The third-order valence-corrected chi connectivity index (χ3v) is 4.55. The van der Waals surface area contributed by atoms with E-state index in [0.29, 0.717) is 23.6 Å². The number of ether oxygens (including phenoxy) is 2. The molecule has 0 radical (unpaired) electrons. The number of halogens is 1. The Bertz CT molecular complexity index is 533. The highest BCUT2D eigenvalue weighted by Crippen LogP contribution is 2.32. The van der Waals surface area contributed by atoms with Gasteiger partial charge in [-0.25, -0.2) is 0 Å². The molecule has 25 heavy (non-hydrogen) atoms. The van der Waals surface area contributed by atoms with E-state index in [9.17, 15) is 4.79 Å². The number of benzene rings is 1. The van der Waals surface area contributed by atoms with Crippen LogP contribution in [0.5, 0.6) is 11.5 Å². The van der Waals surface area contributed by atoms with E-state index in [1.54, 1.807) is 19.2 Å². The first kappa shape index (κ1) is 21.6. The summed E-state index contributed by atoms with van der Waals surface area (Å²) in [6.07, 6.45) is 7.90. The van der Waals surface area contributed by atoms with Gasteiger partial charge >= 0.3 is 0 Å². The van der Waals surface area contributed by atoms with Gasteiger partial charge in [0.2, 0.25) is 0 Å². The standard InChI is InChI=1S/C19H30N2O3.ClH/c1-3-4-7-15(13-20)21-19(22)14-10-11-17(18(12-14)23-2)24-16-8-5-6-9-16;/h10-12,15-16H,3-9,13,20H2,1-2H3,(H,21,22);1H. The fourth-order valence-corrected chi connectivity index (χ4v) is 3.06. The van der Waals surface area contributed by atoms with Gasteiger partial charge in [0, 0.05) is 18.2 Å². The monoisotopic (exact) mass is 370 g/mol. The first-order chi connectivity index (χ1) is 11.7. The smallest absolute Gasteiger partial charge is 0.251 e. The van der Waals surface area contributed by atoms with E-state index in [1.807, 2.05) is 6.07 Å². The van der Waals surface area contributed by atoms with Gasteiger partial charge in [0.25, 0.3) is 5.91 Å². The van der Waals surface area contributed by atoms with Crippen LogP contribution in [0.3, 0.4) is 0 Å². The minimum Gasteiger partial charge on any atom is -0.493 e. The Labute approximate surface area is 157 Å². The molecule has 1 aromatic rings. The van der Waals surface area contributed by atoms with Crippen molar-refractivity contribution in [1.29, 1.82) is 0 Å². The Morgan fingerprint density at radius 3 is 2.64 bits per heavy atom. The number of methoxy groups -OCH3 is 1. The number of rotatable bonds is 9. The molecule has 1 saturated carbocycles. The molecule has 0 saturated heterocycles. The lowest BCUT2D eigenvalue weighted by atomic mass is 10.1. The van der Waals surface area contributed by atoms with Crippen molar-refractivity contribution in [2.45, 2.75) is 64.0 Å². The predicted octanol–water partition coefficient (Wildman–Crippen LogP) is 3.69. The Morgan fingerprint density at radius 2 is 2.04 bits per heavy atom. The highest BCUT2D eigenvalue weighted by atomic mass is 35.5. The third kappa shape index (κ3) is 6.40. The molecule has 0 aromatic heterocycles. The van der Waals surface area contributed by atoms with Crippen LogP contribution in [-0.2, 0) is 0 Å². The van der Waals surface area contributed by atoms with Gasteiger partial charge in [0.1, 0.15) is 0 Å². The highest BCUT2D eigenvalue weighted by Gasteiger charge is 2.20. The van der Waals surface area contributed by atoms with E-state index >= 15 is 0 Å². The summed E-state index contributed by atoms with van der Waals surface area (Å²) in [6.45, 7) is 2.58. The lowest BCUT2D eigenvalue weighted by molar-refractivity contribution is 0.0935. The summed E-state index contributed by atoms with van der Waals surface area (Å²) in [6, 6.07) is 5.37. The quantitative estimate of drug-likeness (QED) is 0.695. The molecule has 0 aliphatic heterocycles. The van der Waals surface area contributed by atoms with Gasteiger partial charge in [-0.1, -0.05) is 19.8 Å². The van der Waals surface area contributed by atoms with Crippen molar-refractivity contribution in [2.24, 2.45) is 5.73 Å². The fourth-order valence-electron chi connectivity index (χ4n) is 3.06. The van der Waals surface area contributed by atoms with Crippen LogP contribution in [0, 0.1) is 0 Å². The van der Waals surface area contributed by atoms with Crippen molar-refractivity contribution in [3.8, 4) is 11.5 Å². The zero-order valence-corrected chi connectivity index (χ0v) is 16.1. The molecule has 6 heteroatoms. The second-order valence-corrected chi connectivity index (χ2v) is 6.44. The minimum absolute atomic E-state index is 0. The summed E-state index contributed by atoms with van der Waals surface area (Å²) in [7, 11) is 1.60. The van der Waals surface area contributed by atoms with Crippen LogP contribution in [0.15, 0.2) is 18.2 Å². The number of amides is 1. The van der Waals surface area contributed by atoms with Gasteiger partial charge in [-0.05, 0) is 50.3 Å². The van der Waals surface area contributed by atoms with E-state index in [-0.39, 0.29) is 30.5 Å². The lowest BCUT2D eigenvalue weighted by Gasteiger charge is -2.18. The molecule has 1 aliphatic rings. The molecule has 2 rings (SSSR count). The molecule has 1 unspecified atom stereocenters. The average Bonchev–Trinajstić information content (AvgIpc) is 3.11. The predicted molar refractivity (Wildman–Crippen MR) is 103 cm³/mol. The van der Waals surface area contributed by atoms with Crippen molar-refractivity contribution in [2.75, 3.05) is 13.7 Å². The van der Waals surface area contributed by atoms with Crippen molar-refractivity contribution in [1.82, 2.24) is 5.32 Å². The van der Waals surface area contributed by atoms with Gasteiger partial charge in [-0.15, -0.1) is 12.4 Å². The first-order valence-electron chi connectivity index (χ1n) is 9.03. The van der Waals surface area contributed by atoms with Crippen molar-refractivity contribution >= 4 is 18.3 Å². The maximum atomic E-state index is 12.4. The summed E-state index contributed by atoms with van der Waals surface area (Å²) in [4.78, 5) is 12.4. The Balaban J connectivity index is 0.00000312. The molecule has 1 atom stereocenters. The second kappa shape index (κ2) is 11.2. The molecule has 5 nitrogen and oxygen atoms in total. The Hall–Kier alpha value is -1.46. The van der Waals surface area contributed by atoms with Gasteiger partial charge in [-0.2, -0.15) is 0 Å². The van der Waals surface area contributed by atoms with E-state index in [4.69, 9.17) is 15.2 Å². The van der Waals surface area contributed by atoms with Crippen LogP contribution in [-0.4, -0.2) is 31.7 Å². The van der Waals surface area contributed by atoms with Crippen LogP contribution < -0.4 is 20.5 Å². The van der Waals surface area contributed by atoms with E-state index in [2.05, 4.69) is 12.2 Å². The molecule has 1 fully saturated rings. The molecular formula is C19H31ClN2O3. The van der Waals surface area contributed by atoms with Gasteiger partial charge in [-0.3, -0.25) is 4.79 Å². The number of nitrogens with two attached hydrogens (primary N) is 1. The molecule has 0 heterocycles. The first-order valence-corrected chi connectivity index (χ1v) is 9.03. The number of carbonyl (C=O) groups excluding carboxylic acids is 1. The number of hydrogen-bond acceptors (Lipinski definition) is 4. The van der Waals surface area contributed by atoms with Gasteiger partial charge in [0.05, 0.1) is 13.2 Å². The summed E-state index contributed by atoms with van der Waals surface area (Å²) in [5.74, 6) is 1.20. The maximum Gasteiger partial charge on any atom is 0.251 e. The van der Waals surface area contributed by atoms with Crippen molar-refractivity contribution < 1.29 is 14.3 Å². The van der Waals surface area contributed by atoms with E-state index in [0.717, 1.165) is 32.1 Å². The number of carbonyl (C=O) groups is 1. The second-order valence-electron chi connectivity index (χ2n) is 6.44. The summed E-state index contributed by atoms with van der Waals surface area (Å²) in [5, 5.41) is 3.00. The summed E-state index contributed by atoms with van der Waals surface area (Å²) >= 11 is 0. The molecule has 1 amide bonds. The van der Waals surface area contributed by atoms with E-state index < -0.39 is 0 Å². The van der Waals surface area contributed by atoms with E-state index in [1.165, 1.54) is 12.8 Å². The molecule has 1 aromatic carbocycles. The number of nitrogens with one attached hydrogen (secondary N) is 1. The third-order valence-electron chi connectivity index (χ3n) is 4.55. The average molecular weight is 371 g/mol. The van der Waals surface area contributed by atoms with Gasteiger partial charge in [0.15, 0.2) is 11.5 Å². The van der Waals surface area contributed by atoms with Crippen LogP contribution in [0.2, 0.25) is 0 Å². The van der Waals surface area contributed by atoms with Crippen LogP contribution in [0.4, 0.5) is 0 Å². The lowest BCUT2D eigenvalue weighted by Crippen LogP contribution is -2.40. The van der Waals surface area contributed by atoms with Crippen molar-refractivity contribution in [3.63, 3.8) is 0 Å². The molecule has 1 aliphatic carbocycles. The Morgan fingerprint density at radius 1 is 1.32 bits per heavy atom. The fraction of sp³-hybridized carbons (Fsp3) is 0.632. The molecule has 142 valence electrons.